The molecule has 0 atom stereocenters. The van der Waals surface area contributed by atoms with Crippen molar-refractivity contribution in [3.05, 3.63) is 51.0 Å². The van der Waals surface area contributed by atoms with Gasteiger partial charge in [0.15, 0.2) is 5.11 Å². The number of nitrogens with one attached hydrogen (secondary N) is 2. The number of nitrogens with zero attached hydrogens (tertiary/aromatic N) is 1. The summed E-state index contributed by atoms with van der Waals surface area (Å²) in [5, 5.41) is 7.48. The van der Waals surface area contributed by atoms with E-state index in [1.54, 1.807) is 24.4 Å². The van der Waals surface area contributed by atoms with Crippen LogP contribution in [-0.4, -0.2) is 10.1 Å². The molecule has 1 heterocycles. The Hall–Kier alpha value is -0.880. The number of hydrogen-bond donors (Lipinski definition) is 2. The number of anilines is 2. The zero-order valence-corrected chi connectivity index (χ0v) is 13.4. The van der Waals surface area contributed by atoms with Crippen molar-refractivity contribution in [2.75, 3.05) is 10.6 Å². The van der Waals surface area contributed by atoms with Crippen LogP contribution in [0.1, 0.15) is 0 Å². The molecule has 0 unspecified atom stereocenters. The summed E-state index contributed by atoms with van der Waals surface area (Å²) in [5.41, 5.74) is 0.719. The molecule has 2 aromatic rings. The molecule has 0 bridgehead atoms. The molecule has 0 saturated heterocycles. The van der Waals surface area contributed by atoms with E-state index in [-0.39, 0.29) is 0 Å². The molecule has 0 radical (unpaired) electrons. The lowest BCUT2D eigenvalue weighted by Crippen LogP contribution is -2.19. The van der Waals surface area contributed by atoms with Gasteiger partial charge in [-0.1, -0.05) is 39.1 Å². The van der Waals surface area contributed by atoms with Gasteiger partial charge in [-0.25, -0.2) is 4.98 Å². The Morgan fingerprint density at radius 1 is 1.16 bits per heavy atom. The summed E-state index contributed by atoms with van der Waals surface area (Å²) in [6.07, 6.45) is 1.54. The third-order valence-electron chi connectivity index (χ3n) is 2.15. The maximum Gasteiger partial charge on any atom is 0.176 e. The lowest BCUT2D eigenvalue weighted by molar-refractivity contribution is 1.32. The number of pyridine rings is 1. The molecule has 1 aromatic carbocycles. The predicted octanol–water partition coefficient (Wildman–Crippen LogP) is 4.96. The second-order valence-corrected chi connectivity index (χ2v) is 5.73. The summed E-state index contributed by atoms with van der Waals surface area (Å²) in [4.78, 5) is 4.09. The van der Waals surface area contributed by atoms with E-state index in [9.17, 15) is 0 Å². The van der Waals surface area contributed by atoms with Crippen LogP contribution < -0.4 is 10.6 Å². The minimum absolute atomic E-state index is 0.402. The van der Waals surface area contributed by atoms with Crippen LogP contribution >= 0.6 is 51.3 Å². The molecule has 7 heteroatoms. The van der Waals surface area contributed by atoms with Gasteiger partial charge in [-0.2, -0.15) is 0 Å². The average Bonchev–Trinajstić information content (AvgIpc) is 2.36. The molecule has 0 spiro atoms. The van der Waals surface area contributed by atoms with Gasteiger partial charge >= 0.3 is 0 Å². The standard InChI is InChI=1S/C12H8BrCl2N3S/c13-7-1-3-10(9(15)5-7)17-12(19)18-11-4-2-8(14)6-16-11/h1-6H,(H2,16,17,18,19). The minimum atomic E-state index is 0.402. The Morgan fingerprint density at radius 2 is 1.95 bits per heavy atom. The average molecular weight is 377 g/mol. The summed E-state index contributed by atoms with van der Waals surface area (Å²) >= 11 is 20.4. The first-order valence-corrected chi connectivity index (χ1v) is 7.15. The predicted molar refractivity (Wildman–Crippen MR) is 88.2 cm³/mol. The van der Waals surface area contributed by atoms with Crippen molar-refractivity contribution in [2.24, 2.45) is 0 Å². The Kier molecular flexibility index (Phi) is 4.99. The van der Waals surface area contributed by atoms with Gasteiger partial charge < -0.3 is 10.6 Å². The fourth-order valence-corrected chi connectivity index (χ4v) is 2.36. The SMILES string of the molecule is S=C(Nc1ccc(Cl)cn1)Nc1ccc(Br)cc1Cl. The molecule has 19 heavy (non-hydrogen) atoms. The highest BCUT2D eigenvalue weighted by atomic mass is 79.9. The van der Waals surface area contributed by atoms with Crippen molar-refractivity contribution in [1.82, 2.24) is 4.98 Å². The summed E-state index contributed by atoms with van der Waals surface area (Å²) < 4.78 is 0.904. The first kappa shape index (κ1) is 14.5. The van der Waals surface area contributed by atoms with Crippen LogP contribution in [-0.2, 0) is 0 Å². The van der Waals surface area contributed by atoms with E-state index >= 15 is 0 Å². The van der Waals surface area contributed by atoms with Crippen molar-refractivity contribution in [1.29, 1.82) is 0 Å². The van der Waals surface area contributed by atoms with Crippen LogP contribution in [0.25, 0.3) is 0 Å². The van der Waals surface area contributed by atoms with Gasteiger partial charge in [-0.15, -0.1) is 0 Å². The van der Waals surface area contributed by atoms with Crippen molar-refractivity contribution in [3.8, 4) is 0 Å². The highest BCUT2D eigenvalue weighted by Gasteiger charge is 2.04. The monoisotopic (exact) mass is 375 g/mol. The van der Waals surface area contributed by atoms with Crippen LogP contribution in [0.3, 0.4) is 0 Å². The molecule has 2 N–H and O–H groups in total. The van der Waals surface area contributed by atoms with E-state index in [4.69, 9.17) is 35.4 Å². The Balaban J connectivity index is 2.03. The van der Waals surface area contributed by atoms with E-state index in [0.717, 1.165) is 10.2 Å². The quantitative estimate of drug-likeness (QED) is 0.726. The van der Waals surface area contributed by atoms with Crippen LogP contribution in [0.4, 0.5) is 11.5 Å². The molecule has 3 nitrogen and oxygen atoms in total. The smallest absolute Gasteiger partial charge is 0.176 e. The second kappa shape index (κ2) is 6.52. The van der Waals surface area contributed by atoms with E-state index in [2.05, 4.69) is 31.5 Å². The van der Waals surface area contributed by atoms with Gasteiger partial charge in [-0.3, -0.25) is 0 Å². The first-order valence-electron chi connectivity index (χ1n) is 5.19. The van der Waals surface area contributed by atoms with E-state index in [0.29, 0.717) is 21.0 Å². The maximum absolute atomic E-state index is 6.08. The van der Waals surface area contributed by atoms with Gasteiger partial charge in [0.05, 0.1) is 15.7 Å². The lowest BCUT2D eigenvalue weighted by atomic mass is 10.3. The number of thiocarbonyl (C=S) groups is 1. The maximum atomic E-state index is 6.08. The van der Waals surface area contributed by atoms with Crippen LogP contribution in [0.5, 0.6) is 0 Å². The Bertz CT molecular complexity index is 604. The van der Waals surface area contributed by atoms with Crippen LogP contribution in [0, 0.1) is 0 Å². The summed E-state index contributed by atoms with van der Waals surface area (Å²) in [6.45, 7) is 0. The Labute approximate surface area is 134 Å². The molecule has 0 aliphatic heterocycles. The Morgan fingerprint density at radius 3 is 2.58 bits per heavy atom. The topological polar surface area (TPSA) is 37.0 Å². The highest BCUT2D eigenvalue weighted by Crippen LogP contribution is 2.25. The molecule has 0 aliphatic carbocycles. The molecular weight excluding hydrogens is 369 g/mol. The van der Waals surface area contributed by atoms with Crippen LogP contribution in [0.2, 0.25) is 10.0 Å². The molecule has 0 amide bonds. The molecular formula is C12H8BrCl2N3S. The third kappa shape index (κ3) is 4.31. The number of benzene rings is 1. The van der Waals surface area contributed by atoms with Gasteiger partial charge in [0.2, 0.25) is 0 Å². The highest BCUT2D eigenvalue weighted by molar-refractivity contribution is 9.10. The van der Waals surface area contributed by atoms with Crippen molar-refractivity contribution >= 4 is 68.0 Å². The van der Waals surface area contributed by atoms with Gasteiger partial charge in [-0.05, 0) is 42.5 Å². The number of rotatable bonds is 2. The van der Waals surface area contributed by atoms with Crippen molar-refractivity contribution in [3.63, 3.8) is 0 Å². The molecule has 1 aromatic heterocycles. The molecule has 0 saturated carbocycles. The van der Waals surface area contributed by atoms with E-state index in [1.165, 1.54) is 0 Å². The zero-order chi connectivity index (χ0) is 13.8. The minimum Gasteiger partial charge on any atom is -0.331 e. The van der Waals surface area contributed by atoms with E-state index in [1.807, 2.05) is 12.1 Å². The fraction of sp³-hybridized carbons (Fsp3) is 0. The van der Waals surface area contributed by atoms with E-state index < -0.39 is 0 Å². The molecule has 0 aliphatic rings. The third-order valence-corrected chi connectivity index (χ3v) is 3.38. The number of aromatic nitrogens is 1. The molecule has 2 rings (SSSR count). The lowest BCUT2D eigenvalue weighted by Gasteiger charge is -2.11. The van der Waals surface area contributed by atoms with Crippen molar-refractivity contribution in [2.45, 2.75) is 0 Å². The summed E-state index contributed by atoms with van der Waals surface area (Å²) in [7, 11) is 0. The van der Waals surface area contributed by atoms with Gasteiger partial charge in [0.1, 0.15) is 5.82 Å². The molecule has 98 valence electrons. The van der Waals surface area contributed by atoms with Gasteiger partial charge in [0.25, 0.3) is 0 Å². The summed E-state index contributed by atoms with van der Waals surface area (Å²) in [5.74, 6) is 0.607. The normalized spacial score (nSPS) is 10.1. The van der Waals surface area contributed by atoms with Gasteiger partial charge in [0, 0.05) is 10.7 Å². The first-order chi connectivity index (χ1) is 9.04. The largest absolute Gasteiger partial charge is 0.331 e. The number of halogens is 3. The summed E-state index contributed by atoms with van der Waals surface area (Å²) in [6, 6.07) is 8.95. The zero-order valence-electron chi connectivity index (χ0n) is 9.45. The fourth-order valence-electron chi connectivity index (χ4n) is 1.31. The number of hydrogen-bond acceptors (Lipinski definition) is 2. The van der Waals surface area contributed by atoms with Crippen LogP contribution in [0.15, 0.2) is 41.0 Å². The van der Waals surface area contributed by atoms with Crippen molar-refractivity contribution < 1.29 is 0 Å². The second-order valence-electron chi connectivity index (χ2n) is 3.56. The molecule has 0 fully saturated rings.